The number of unbranched alkanes of at least 4 members (excludes halogenated alkanes) is 1. The third-order valence-electron chi connectivity index (χ3n) is 5.33. The van der Waals surface area contributed by atoms with E-state index in [4.69, 9.17) is 0 Å². The first-order chi connectivity index (χ1) is 15.1. The number of rotatable bonds is 10. The summed E-state index contributed by atoms with van der Waals surface area (Å²) in [5.74, 6) is 1.01. The van der Waals surface area contributed by atoms with E-state index in [1.807, 2.05) is 26.1 Å². The fraction of sp³-hybridized carbons (Fsp3) is 0.522. The van der Waals surface area contributed by atoms with E-state index < -0.39 is 0 Å². The highest BCUT2D eigenvalue weighted by atomic mass is 16.2. The Morgan fingerprint density at radius 2 is 1.94 bits per heavy atom. The van der Waals surface area contributed by atoms with Crippen LogP contribution in [0.25, 0.3) is 0 Å². The van der Waals surface area contributed by atoms with E-state index in [2.05, 4.69) is 55.2 Å². The van der Waals surface area contributed by atoms with Crippen molar-refractivity contribution in [3.63, 3.8) is 0 Å². The number of aromatic nitrogens is 2. The van der Waals surface area contributed by atoms with Crippen molar-refractivity contribution in [3.8, 4) is 0 Å². The Labute approximate surface area is 185 Å². The number of hydrogen-bond acceptors (Lipinski definition) is 6. The van der Waals surface area contributed by atoms with Crippen molar-refractivity contribution >= 4 is 23.5 Å². The number of carbonyl (C=O) groups is 1. The van der Waals surface area contributed by atoms with Gasteiger partial charge in [0.15, 0.2) is 0 Å². The van der Waals surface area contributed by atoms with E-state index in [-0.39, 0.29) is 6.03 Å². The van der Waals surface area contributed by atoms with Gasteiger partial charge in [-0.15, -0.1) is 0 Å². The molecule has 0 unspecified atom stereocenters. The van der Waals surface area contributed by atoms with Gasteiger partial charge in [0.05, 0.1) is 0 Å². The van der Waals surface area contributed by atoms with Gasteiger partial charge in [-0.2, -0.15) is 4.98 Å². The summed E-state index contributed by atoms with van der Waals surface area (Å²) < 4.78 is 0. The molecule has 2 amide bonds. The predicted octanol–water partition coefficient (Wildman–Crippen LogP) is 3.61. The highest BCUT2D eigenvalue weighted by Crippen LogP contribution is 2.23. The normalized spacial score (nSPS) is 13.5. The summed E-state index contributed by atoms with van der Waals surface area (Å²) >= 11 is 0. The molecule has 0 bridgehead atoms. The van der Waals surface area contributed by atoms with Gasteiger partial charge in [-0.3, -0.25) is 10.2 Å². The fourth-order valence-corrected chi connectivity index (χ4v) is 3.82. The van der Waals surface area contributed by atoms with E-state index in [1.54, 1.807) is 0 Å². The van der Waals surface area contributed by atoms with E-state index in [0.29, 0.717) is 5.95 Å². The second kappa shape index (κ2) is 11.6. The van der Waals surface area contributed by atoms with Gasteiger partial charge < -0.3 is 16.0 Å². The number of nitrogens with zero attached hydrogens (tertiary/aromatic N) is 3. The van der Waals surface area contributed by atoms with E-state index in [0.717, 1.165) is 69.2 Å². The zero-order chi connectivity index (χ0) is 22.1. The van der Waals surface area contributed by atoms with E-state index in [9.17, 15) is 4.79 Å². The molecule has 1 aromatic carbocycles. The molecule has 0 fully saturated rings. The largest absolute Gasteiger partial charge is 0.370 e. The Hall–Kier alpha value is -2.71. The third-order valence-corrected chi connectivity index (χ3v) is 5.33. The van der Waals surface area contributed by atoms with Gasteiger partial charge in [0.2, 0.25) is 5.95 Å². The van der Waals surface area contributed by atoms with Crippen LogP contribution in [0.15, 0.2) is 24.3 Å². The van der Waals surface area contributed by atoms with Gasteiger partial charge in [0, 0.05) is 37.1 Å². The number of hydrogen-bond donors (Lipinski definition) is 4. The minimum atomic E-state index is -0.339. The second-order valence-electron chi connectivity index (χ2n) is 8.04. The average Bonchev–Trinajstić information content (AvgIpc) is 2.73. The van der Waals surface area contributed by atoms with Crippen molar-refractivity contribution in [1.82, 2.24) is 20.2 Å². The Bertz CT molecular complexity index is 871. The maximum absolute atomic E-state index is 12.5. The van der Waals surface area contributed by atoms with Crippen molar-refractivity contribution in [3.05, 3.63) is 41.1 Å². The molecule has 0 radical (unpaired) electrons. The average molecular weight is 426 g/mol. The maximum atomic E-state index is 12.5. The van der Waals surface area contributed by atoms with Crippen LogP contribution in [0.1, 0.15) is 43.0 Å². The van der Waals surface area contributed by atoms with Gasteiger partial charge >= 0.3 is 6.03 Å². The number of anilines is 3. The van der Waals surface area contributed by atoms with Crippen LogP contribution in [0.3, 0.4) is 0 Å². The van der Waals surface area contributed by atoms with Crippen molar-refractivity contribution < 1.29 is 4.79 Å². The van der Waals surface area contributed by atoms with Gasteiger partial charge in [-0.05, 0) is 76.0 Å². The Morgan fingerprint density at radius 3 is 2.74 bits per heavy atom. The zero-order valence-electron chi connectivity index (χ0n) is 18.9. The third kappa shape index (κ3) is 7.18. The molecule has 31 heavy (non-hydrogen) atoms. The molecule has 1 aliphatic heterocycles. The summed E-state index contributed by atoms with van der Waals surface area (Å²) in [6, 6.07) is 7.70. The minimum absolute atomic E-state index is 0.295. The lowest BCUT2D eigenvalue weighted by Crippen LogP contribution is -2.31. The molecule has 0 spiro atoms. The standard InChI is InChI=1S/C23H35N7O/c1-4-12-30-13-9-18-15-20(8-7-19(18)16-30)27-23(31)29-22-26-17(2)14-21(28-22)25-11-6-5-10-24-3/h7-8,14-15,24H,4-6,9-13,16H2,1-3H3,(H3,25,26,27,28,29,31). The van der Waals surface area contributed by atoms with Crippen molar-refractivity contribution in [2.75, 3.05) is 49.2 Å². The minimum Gasteiger partial charge on any atom is -0.370 e. The van der Waals surface area contributed by atoms with Crippen LogP contribution in [-0.4, -0.2) is 54.1 Å². The van der Waals surface area contributed by atoms with Gasteiger partial charge in [0.1, 0.15) is 5.82 Å². The quantitative estimate of drug-likeness (QED) is 0.435. The molecule has 0 atom stereocenters. The number of nitrogens with one attached hydrogen (secondary N) is 4. The monoisotopic (exact) mass is 425 g/mol. The molecule has 8 heteroatoms. The molecule has 3 rings (SSSR count). The number of benzene rings is 1. The molecule has 4 N–H and O–H groups in total. The first-order valence-corrected chi connectivity index (χ1v) is 11.2. The summed E-state index contributed by atoms with van der Waals surface area (Å²) in [6.45, 7) is 9.11. The van der Waals surface area contributed by atoms with E-state index >= 15 is 0 Å². The number of amides is 2. The lowest BCUT2D eigenvalue weighted by Gasteiger charge is -2.28. The number of aryl methyl sites for hydroxylation is 1. The summed E-state index contributed by atoms with van der Waals surface area (Å²) in [4.78, 5) is 23.7. The van der Waals surface area contributed by atoms with Gasteiger partial charge in [-0.25, -0.2) is 9.78 Å². The molecule has 8 nitrogen and oxygen atoms in total. The molecule has 2 heterocycles. The maximum Gasteiger partial charge on any atom is 0.326 e. The summed E-state index contributed by atoms with van der Waals surface area (Å²) in [5.41, 5.74) is 4.24. The van der Waals surface area contributed by atoms with Crippen LogP contribution < -0.4 is 21.3 Å². The van der Waals surface area contributed by atoms with Crippen molar-refractivity contribution in [2.24, 2.45) is 0 Å². The molecular formula is C23H35N7O. The van der Waals surface area contributed by atoms with Crippen molar-refractivity contribution in [1.29, 1.82) is 0 Å². The van der Waals surface area contributed by atoms with Crippen LogP contribution in [-0.2, 0) is 13.0 Å². The first-order valence-electron chi connectivity index (χ1n) is 11.2. The molecule has 2 aromatic rings. The van der Waals surface area contributed by atoms with Crippen molar-refractivity contribution in [2.45, 2.75) is 46.1 Å². The Morgan fingerprint density at radius 1 is 1.10 bits per heavy atom. The summed E-state index contributed by atoms with van der Waals surface area (Å²) in [6.07, 6.45) is 4.32. The lowest BCUT2D eigenvalue weighted by atomic mass is 9.99. The Kier molecular flexibility index (Phi) is 8.61. The highest BCUT2D eigenvalue weighted by molar-refractivity contribution is 5.98. The van der Waals surface area contributed by atoms with Crippen LogP contribution in [0.5, 0.6) is 0 Å². The predicted molar refractivity (Wildman–Crippen MR) is 127 cm³/mol. The van der Waals surface area contributed by atoms with Crippen LogP contribution in [0, 0.1) is 6.92 Å². The number of urea groups is 1. The number of fused-ring (bicyclic) bond motifs is 1. The molecule has 0 saturated carbocycles. The van der Waals surface area contributed by atoms with E-state index in [1.165, 1.54) is 17.5 Å². The summed E-state index contributed by atoms with van der Waals surface area (Å²) in [5, 5.41) is 12.1. The lowest BCUT2D eigenvalue weighted by molar-refractivity contribution is 0.255. The van der Waals surface area contributed by atoms with Crippen LogP contribution in [0.4, 0.5) is 22.2 Å². The molecule has 1 aliphatic rings. The zero-order valence-corrected chi connectivity index (χ0v) is 18.9. The molecule has 0 aliphatic carbocycles. The van der Waals surface area contributed by atoms with Crippen LogP contribution in [0.2, 0.25) is 0 Å². The number of carbonyl (C=O) groups excluding carboxylic acids is 1. The summed E-state index contributed by atoms with van der Waals surface area (Å²) in [7, 11) is 1.95. The van der Waals surface area contributed by atoms with Gasteiger partial charge in [-0.1, -0.05) is 13.0 Å². The SMILES string of the molecule is CCCN1CCc2cc(NC(=O)Nc3nc(C)cc(NCCCCNC)n3)ccc2C1. The topological polar surface area (TPSA) is 94.2 Å². The molecule has 1 aromatic heterocycles. The van der Waals surface area contributed by atoms with Crippen LogP contribution >= 0.6 is 0 Å². The molecular weight excluding hydrogens is 390 g/mol. The second-order valence-corrected chi connectivity index (χ2v) is 8.04. The molecule has 168 valence electrons. The fourth-order valence-electron chi connectivity index (χ4n) is 3.82. The highest BCUT2D eigenvalue weighted by Gasteiger charge is 2.16. The molecule has 0 saturated heterocycles. The Balaban J connectivity index is 1.55. The van der Waals surface area contributed by atoms with Gasteiger partial charge in [0.25, 0.3) is 0 Å². The smallest absolute Gasteiger partial charge is 0.326 e. The first kappa shape index (κ1) is 23.0.